The lowest BCUT2D eigenvalue weighted by atomic mass is 9.82. The Hall–Kier alpha value is -0.0800. The number of ether oxygens (including phenoxy) is 1. The predicted octanol–water partition coefficient (Wildman–Crippen LogP) is 3.36. The molecule has 0 aromatic rings. The number of nitrogens with one attached hydrogen (secondary N) is 1. The van der Waals surface area contributed by atoms with E-state index in [-0.39, 0.29) is 5.54 Å². The van der Waals surface area contributed by atoms with Crippen molar-refractivity contribution in [3.63, 3.8) is 0 Å². The Labute approximate surface area is 101 Å². The number of hydrogen-bond acceptors (Lipinski definition) is 2. The first-order valence-corrected chi connectivity index (χ1v) is 6.58. The second kappa shape index (κ2) is 5.05. The fraction of sp³-hybridized carbons (Fsp3) is 1.00. The summed E-state index contributed by atoms with van der Waals surface area (Å²) in [5.74, 6) is 0. The normalized spacial score (nSPS) is 27.4. The first-order valence-electron chi connectivity index (χ1n) is 6.58. The quantitative estimate of drug-likeness (QED) is 0.795. The standard InChI is InChI=1S/C14H29NO/c1-11-7-8-12(16-11)9-15-14(5,6)10-13(2,3)4/h11-12,15H,7-10H2,1-6H3. The maximum atomic E-state index is 5.82. The summed E-state index contributed by atoms with van der Waals surface area (Å²) in [6.45, 7) is 14.6. The molecule has 96 valence electrons. The van der Waals surface area contributed by atoms with E-state index < -0.39 is 0 Å². The van der Waals surface area contributed by atoms with Crippen molar-refractivity contribution >= 4 is 0 Å². The Bertz CT molecular complexity index is 217. The summed E-state index contributed by atoms with van der Waals surface area (Å²) in [5, 5.41) is 3.65. The van der Waals surface area contributed by atoms with Crippen LogP contribution in [0, 0.1) is 5.41 Å². The average molecular weight is 227 g/mol. The van der Waals surface area contributed by atoms with Gasteiger partial charge in [-0.05, 0) is 45.4 Å². The van der Waals surface area contributed by atoms with Crippen molar-refractivity contribution in [3.8, 4) is 0 Å². The summed E-state index contributed by atoms with van der Waals surface area (Å²) < 4.78 is 5.82. The zero-order valence-electron chi connectivity index (χ0n) is 11.9. The van der Waals surface area contributed by atoms with Crippen LogP contribution in [0.4, 0.5) is 0 Å². The molecule has 1 aliphatic heterocycles. The first kappa shape index (κ1) is 14.0. The van der Waals surface area contributed by atoms with Gasteiger partial charge in [0.25, 0.3) is 0 Å². The van der Waals surface area contributed by atoms with Crippen molar-refractivity contribution in [1.29, 1.82) is 0 Å². The lowest BCUT2D eigenvalue weighted by molar-refractivity contribution is 0.0496. The van der Waals surface area contributed by atoms with Crippen molar-refractivity contribution in [2.75, 3.05) is 6.54 Å². The van der Waals surface area contributed by atoms with Gasteiger partial charge in [0, 0.05) is 12.1 Å². The largest absolute Gasteiger partial charge is 0.374 e. The lowest BCUT2D eigenvalue weighted by Gasteiger charge is -2.34. The minimum absolute atomic E-state index is 0.202. The number of hydrogen-bond donors (Lipinski definition) is 1. The van der Waals surface area contributed by atoms with Crippen LogP contribution in [-0.4, -0.2) is 24.3 Å². The zero-order valence-corrected chi connectivity index (χ0v) is 11.9. The fourth-order valence-corrected chi connectivity index (χ4v) is 2.81. The molecule has 2 nitrogen and oxygen atoms in total. The van der Waals surface area contributed by atoms with E-state index in [1.165, 1.54) is 19.3 Å². The molecule has 1 N–H and O–H groups in total. The molecule has 0 radical (unpaired) electrons. The predicted molar refractivity (Wildman–Crippen MR) is 69.7 cm³/mol. The van der Waals surface area contributed by atoms with E-state index in [2.05, 4.69) is 46.9 Å². The summed E-state index contributed by atoms with van der Waals surface area (Å²) >= 11 is 0. The van der Waals surface area contributed by atoms with Gasteiger partial charge < -0.3 is 10.1 Å². The molecular formula is C14H29NO. The lowest BCUT2D eigenvalue weighted by Crippen LogP contribution is -2.45. The molecule has 1 heterocycles. The molecule has 2 atom stereocenters. The van der Waals surface area contributed by atoms with Gasteiger partial charge in [-0.1, -0.05) is 20.8 Å². The van der Waals surface area contributed by atoms with Gasteiger partial charge in [-0.25, -0.2) is 0 Å². The summed E-state index contributed by atoms with van der Waals surface area (Å²) in [4.78, 5) is 0. The van der Waals surface area contributed by atoms with E-state index in [0.717, 1.165) is 6.54 Å². The molecule has 0 aromatic carbocycles. The molecule has 2 unspecified atom stereocenters. The van der Waals surface area contributed by atoms with Gasteiger partial charge in [-0.3, -0.25) is 0 Å². The van der Waals surface area contributed by atoms with E-state index in [4.69, 9.17) is 4.74 Å². The zero-order chi connectivity index (χ0) is 12.4. The van der Waals surface area contributed by atoms with E-state index >= 15 is 0 Å². The molecule has 0 bridgehead atoms. The molecule has 1 saturated heterocycles. The monoisotopic (exact) mass is 227 g/mol. The molecular weight excluding hydrogens is 198 g/mol. The van der Waals surface area contributed by atoms with Crippen LogP contribution in [0.15, 0.2) is 0 Å². The molecule has 2 heteroatoms. The van der Waals surface area contributed by atoms with Crippen LogP contribution in [0.1, 0.15) is 60.8 Å². The van der Waals surface area contributed by atoms with Crippen LogP contribution in [0.25, 0.3) is 0 Å². The minimum Gasteiger partial charge on any atom is -0.374 e. The molecule has 1 aliphatic rings. The molecule has 0 spiro atoms. The highest BCUT2D eigenvalue weighted by Crippen LogP contribution is 2.27. The van der Waals surface area contributed by atoms with Gasteiger partial charge in [0.1, 0.15) is 0 Å². The molecule has 1 rings (SSSR count). The summed E-state index contributed by atoms with van der Waals surface area (Å²) in [5.41, 5.74) is 0.577. The molecule has 16 heavy (non-hydrogen) atoms. The topological polar surface area (TPSA) is 21.3 Å². The average Bonchev–Trinajstić information content (AvgIpc) is 2.44. The Morgan fingerprint density at radius 3 is 2.19 bits per heavy atom. The summed E-state index contributed by atoms with van der Waals surface area (Å²) in [7, 11) is 0. The van der Waals surface area contributed by atoms with Gasteiger partial charge in [0.05, 0.1) is 12.2 Å². The molecule has 1 fully saturated rings. The van der Waals surface area contributed by atoms with Crippen molar-refractivity contribution < 1.29 is 4.74 Å². The van der Waals surface area contributed by atoms with Crippen LogP contribution >= 0.6 is 0 Å². The van der Waals surface area contributed by atoms with Crippen LogP contribution in [0.2, 0.25) is 0 Å². The highest BCUT2D eigenvalue weighted by molar-refractivity contribution is 4.85. The second-order valence-corrected chi connectivity index (χ2v) is 7.15. The van der Waals surface area contributed by atoms with E-state index in [9.17, 15) is 0 Å². The molecule has 0 amide bonds. The van der Waals surface area contributed by atoms with Gasteiger partial charge in [-0.15, -0.1) is 0 Å². The van der Waals surface area contributed by atoms with Crippen LogP contribution in [0.5, 0.6) is 0 Å². The summed E-state index contributed by atoms with van der Waals surface area (Å²) in [6.07, 6.45) is 4.49. The van der Waals surface area contributed by atoms with Crippen molar-refractivity contribution in [2.24, 2.45) is 5.41 Å². The van der Waals surface area contributed by atoms with E-state index in [0.29, 0.717) is 17.6 Å². The minimum atomic E-state index is 0.202. The molecule has 0 aromatic heterocycles. The highest BCUT2D eigenvalue weighted by Gasteiger charge is 2.28. The molecule has 0 aliphatic carbocycles. The van der Waals surface area contributed by atoms with E-state index in [1.54, 1.807) is 0 Å². The third kappa shape index (κ3) is 5.31. The van der Waals surface area contributed by atoms with Gasteiger partial charge in [0.2, 0.25) is 0 Å². The Balaban J connectivity index is 2.30. The Morgan fingerprint density at radius 2 is 1.75 bits per heavy atom. The molecule has 0 saturated carbocycles. The fourth-order valence-electron chi connectivity index (χ4n) is 2.81. The van der Waals surface area contributed by atoms with Gasteiger partial charge in [-0.2, -0.15) is 0 Å². The maximum Gasteiger partial charge on any atom is 0.0704 e. The second-order valence-electron chi connectivity index (χ2n) is 7.15. The Morgan fingerprint density at radius 1 is 1.12 bits per heavy atom. The Kier molecular flexibility index (Phi) is 4.42. The smallest absolute Gasteiger partial charge is 0.0704 e. The maximum absolute atomic E-state index is 5.82. The van der Waals surface area contributed by atoms with E-state index in [1.807, 2.05) is 0 Å². The van der Waals surface area contributed by atoms with Crippen molar-refractivity contribution in [3.05, 3.63) is 0 Å². The first-order chi connectivity index (χ1) is 7.18. The third-order valence-electron chi connectivity index (χ3n) is 3.10. The highest BCUT2D eigenvalue weighted by atomic mass is 16.5. The van der Waals surface area contributed by atoms with Gasteiger partial charge >= 0.3 is 0 Å². The summed E-state index contributed by atoms with van der Waals surface area (Å²) in [6, 6.07) is 0. The van der Waals surface area contributed by atoms with Crippen LogP contribution in [-0.2, 0) is 4.74 Å². The van der Waals surface area contributed by atoms with Crippen molar-refractivity contribution in [1.82, 2.24) is 5.32 Å². The van der Waals surface area contributed by atoms with Crippen LogP contribution in [0.3, 0.4) is 0 Å². The SMILES string of the molecule is CC1CCC(CNC(C)(C)CC(C)(C)C)O1. The van der Waals surface area contributed by atoms with Gasteiger partial charge in [0.15, 0.2) is 0 Å². The number of rotatable bonds is 4. The van der Waals surface area contributed by atoms with Crippen LogP contribution < -0.4 is 5.32 Å². The van der Waals surface area contributed by atoms with Crippen molar-refractivity contribution in [2.45, 2.75) is 78.6 Å². The third-order valence-corrected chi connectivity index (χ3v) is 3.10.